The zero-order chi connectivity index (χ0) is 19.1. The van der Waals surface area contributed by atoms with Crippen molar-refractivity contribution in [3.05, 3.63) is 54.0 Å². The van der Waals surface area contributed by atoms with Gasteiger partial charge in [0, 0.05) is 13.5 Å². The van der Waals surface area contributed by atoms with Crippen LogP contribution >= 0.6 is 0 Å². The second-order valence-electron chi connectivity index (χ2n) is 7.39. The molecule has 0 saturated heterocycles. The number of ether oxygens (including phenoxy) is 1. The van der Waals surface area contributed by atoms with Gasteiger partial charge < -0.3 is 14.1 Å². The third-order valence-electron chi connectivity index (χ3n) is 4.57. The highest BCUT2D eigenvalue weighted by Gasteiger charge is 2.19. The van der Waals surface area contributed by atoms with Gasteiger partial charge in [-0.25, -0.2) is 0 Å². The van der Waals surface area contributed by atoms with Gasteiger partial charge in [-0.1, -0.05) is 26.0 Å². The van der Waals surface area contributed by atoms with Gasteiger partial charge in [-0.3, -0.25) is 4.79 Å². The molecule has 0 aliphatic carbocycles. The molecule has 0 bridgehead atoms. The standard InChI is InChI=1S/C22H31NO3/c1-16(2)22(19-8-10-20(11-9-19)26-17(3)4)12-13-23(18(5)24)15-21-7-6-14-25-21/h6-11,14,16-17,22H,12-13,15H2,1-5H3/t22-/m1/s1. The number of amides is 1. The fraction of sp³-hybridized carbons (Fsp3) is 0.500. The van der Waals surface area contributed by atoms with E-state index in [0.29, 0.717) is 24.9 Å². The quantitative estimate of drug-likeness (QED) is 0.616. The summed E-state index contributed by atoms with van der Waals surface area (Å²) < 4.78 is 11.1. The molecule has 0 radical (unpaired) electrons. The first kappa shape index (κ1) is 20.1. The second-order valence-corrected chi connectivity index (χ2v) is 7.39. The van der Waals surface area contributed by atoms with Gasteiger partial charge in [0.1, 0.15) is 11.5 Å². The molecule has 0 unspecified atom stereocenters. The van der Waals surface area contributed by atoms with Crippen LogP contribution in [0.5, 0.6) is 5.75 Å². The average Bonchev–Trinajstić information content (AvgIpc) is 3.07. The Kier molecular flexibility index (Phi) is 7.31. The van der Waals surface area contributed by atoms with Crippen molar-refractivity contribution in [3.8, 4) is 5.75 Å². The van der Waals surface area contributed by atoms with Crippen LogP contribution in [0.3, 0.4) is 0 Å². The van der Waals surface area contributed by atoms with Crippen molar-refractivity contribution in [1.29, 1.82) is 0 Å². The van der Waals surface area contributed by atoms with Crippen LogP contribution in [0, 0.1) is 5.92 Å². The molecule has 1 amide bonds. The first-order valence-electron chi connectivity index (χ1n) is 9.41. The van der Waals surface area contributed by atoms with Crippen LogP contribution in [0.15, 0.2) is 47.1 Å². The lowest BCUT2D eigenvalue weighted by Gasteiger charge is -2.26. The molecule has 0 N–H and O–H groups in total. The van der Waals surface area contributed by atoms with Crippen molar-refractivity contribution in [2.45, 2.75) is 59.6 Å². The van der Waals surface area contributed by atoms with E-state index in [1.807, 2.05) is 43.0 Å². The van der Waals surface area contributed by atoms with Gasteiger partial charge in [-0.15, -0.1) is 0 Å². The normalized spacial score (nSPS) is 12.4. The molecule has 26 heavy (non-hydrogen) atoms. The molecule has 1 atom stereocenters. The third-order valence-corrected chi connectivity index (χ3v) is 4.57. The molecule has 0 spiro atoms. The van der Waals surface area contributed by atoms with E-state index in [-0.39, 0.29) is 12.0 Å². The van der Waals surface area contributed by atoms with Crippen LogP contribution < -0.4 is 4.74 Å². The highest BCUT2D eigenvalue weighted by Crippen LogP contribution is 2.30. The number of furan rings is 1. The largest absolute Gasteiger partial charge is 0.491 e. The lowest BCUT2D eigenvalue weighted by molar-refractivity contribution is -0.129. The van der Waals surface area contributed by atoms with E-state index in [9.17, 15) is 4.79 Å². The zero-order valence-corrected chi connectivity index (χ0v) is 16.6. The SMILES string of the molecule is CC(=O)N(CC[C@@H](c1ccc(OC(C)C)cc1)C(C)C)Cc1ccco1. The summed E-state index contributed by atoms with van der Waals surface area (Å²) in [6.07, 6.45) is 2.74. The van der Waals surface area contributed by atoms with Crippen molar-refractivity contribution < 1.29 is 13.9 Å². The summed E-state index contributed by atoms with van der Waals surface area (Å²) in [5.74, 6) is 2.67. The Morgan fingerprint density at radius 1 is 1.12 bits per heavy atom. The van der Waals surface area contributed by atoms with Crippen molar-refractivity contribution in [1.82, 2.24) is 4.90 Å². The van der Waals surface area contributed by atoms with Crippen LogP contribution in [0.25, 0.3) is 0 Å². The van der Waals surface area contributed by atoms with Gasteiger partial charge in [-0.05, 0) is 61.9 Å². The fourth-order valence-corrected chi connectivity index (χ4v) is 3.18. The first-order chi connectivity index (χ1) is 12.4. The maximum Gasteiger partial charge on any atom is 0.219 e. The van der Waals surface area contributed by atoms with Crippen molar-refractivity contribution in [2.75, 3.05) is 6.54 Å². The van der Waals surface area contributed by atoms with Gasteiger partial charge in [0.05, 0.1) is 18.9 Å². The van der Waals surface area contributed by atoms with Crippen LogP contribution in [0.4, 0.5) is 0 Å². The van der Waals surface area contributed by atoms with Gasteiger partial charge in [-0.2, -0.15) is 0 Å². The third kappa shape index (κ3) is 5.94. The summed E-state index contributed by atoms with van der Waals surface area (Å²) in [6, 6.07) is 12.1. The monoisotopic (exact) mass is 357 g/mol. The molecule has 1 heterocycles. The first-order valence-corrected chi connectivity index (χ1v) is 9.41. The van der Waals surface area contributed by atoms with E-state index < -0.39 is 0 Å². The Labute approximate surface area is 157 Å². The molecule has 4 heteroatoms. The summed E-state index contributed by atoms with van der Waals surface area (Å²) >= 11 is 0. The molecular formula is C22H31NO3. The van der Waals surface area contributed by atoms with Gasteiger partial charge in [0.25, 0.3) is 0 Å². The summed E-state index contributed by atoms with van der Waals surface area (Å²) in [4.78, 5) is 13.9. The highest BCUT2D eigenvalue weighted by atomic mass is 16.5. The van der Waals surface area contributed by atoms with E-state index in [1.54, 1.807) is 13.2 Å². The molecule has 142 valence electrons. The molecule has 2 aromatic rings. The smallest absolute Gasteiger partial charge is 0.219 e. The molecule has 4 nitrogen and oxygen atoms in total. The number of carbonyl (C=O) groups excluding carboxylic acids is 1. The summed E-state index contributed by atoms with van der Waals surface area (Å²) in [5.41, 5.74) is 1.29. The van der Waals surface area contributed by atoms with E-state index >= 15 is 0 Å². The van der Waals surface area contributed by atoms with Gasteiger partial charge >= 0.3 is 0 Å². The summed E-state index contributed by atoms with van der Waals surface area (Å²) in [6.45, 7) is 11.4. The predicted octanol–water partition coefficient (Wildman–Crippen LogP) is 5.25. The van der Waals surface area contributed by atoms with Crippen molar-refractivity contribution in [2.24, 2.45) is 5.92 Å². The number of benzene rings is 1. The van der Waals surface area contributed by atoms with E-state index in [2.05, 4.69) is 26.0 Å². The lowest BCUT2D eigenvalue weighted by atomic mass is 9.85. The van der Waals surface area contributed by atoms with Crippen LogP contribution in [0.1, 0.15) is 58.3 Å². The molecule has 0 saturated carbocycles. The maximum atomic E-state index is 12.0. The minimum atomic E-state index is 0.0737. The van der Waals surface area contributed by atoms with Crippen LogP contribution in [-0.2, 0) is 11.3 Å². The van der Waals surface area contributed by atoms with Crippen LogP contribution in [0.2, 0.25) is 0 Å². The predicted molar refractivity (Wildman–Crippen MR) is 104 cm³/mol. The Morgan fingerprint density at radius 3 is 2.31 bits per heavy atom. The molecule has 1 aromatic carbocycles. The van der Waals surface area contributed by atoms with Gasteiger partial charge in [0.2, 0.25) is 5.91 Å². The van der Waals surface area contributed by atoms with E-state index in [4.69, 9.17) is 9.15 Å². The number of nitrogens with zero attached hydrogens (tertiary/aromatic N) is 1. The van der Waals surface area contributed by atoms with E-state index in [1.165, 1.54) is 5.56 Å². The maximum absolute atomic E-state index is 12.0. The Hall–Kier alpha value is -2.23. The molecule has 2 rings (SSSR count). The Balaban J connectivity index is 2.03. The lowest BCUT2D eigenvalue weighted by Crippen LogP contribution is -2.30. The van der Waals surface area contributed by atoms with Gasteiger partial charge in [0.15, 0.2) is 0 Å². The second kappa shape index (κ2) is 9.46. The molecule has 0 aliphatic rings. The Morgan fingerprint density at radius 2 is 1.81 bits per heavy atom. The zero-order valence-electron chi connectivity index (χ0n) is 16.6. The highest BCUT2D eigenvalue weighted by molar-refractivity contribution is 5.73. The molecule has 0 aliphatic heterocycles. The summed E-state index contributed by atoms with van der Waals surface area (Å²) in [7, 11) is 0. The molecule has 0 fully saturated rings. The topological polar surface area (TPSA) is 42.7 Å². The number of rotatable bonds is 9. The number of hydrogen-bond donors (Lipinski definition) is 0. The fourth-order valence-electron chi connectivity index (χ4n) is 3.18. The number of carbonyl (C=O) groups is 1. The van der Waals surface area contributed by atoms with Crippen molar-refractivity contribution in [3.63, 3.8) is 0 Å². The molecule has 1 aromatic heterocycles. The van der Waals surface area contributed by atoms with Crippen LogP contribution in [-0.4, -0.2) is 23.5 Å². The minimum Gasteiger partial charge on any atom is -0.491 e. The summed E-state index contributed by atoms with van der Waals surface area (Å²) in [5, 5.41) is 0. The molecular weight excluding hydrogens is 326 g/mol. The van der Waals surface area contributed by atoms with Crippen molar-refractivity contribution >= 4 is 5.91 Å². The minimum absolute atomic E-state index is 0.0737. The Bertz CT molecular complexity index is 659. The number of hydrogen-bond acceptors (Lipinski definition) is 3. The average molecular weight is 357 g/mol. The van der Waals surface area contributed by atoms with E-state index in [0.717, 1.165) is 17.9 Å².